The van der Waals surface area contributed by atoms with Crippen LogP contribution in [0, 0.1) is 10.1 Å². The Kier molecular flexibility index (Phi) is 4.76. The molecule has 0 saturated carbocycles. The van der Waals surface area contributed by atoms with Crippen LogP contribution in [0.3, 0.4) is 0 Å². The highest BCUT2D eigenvalue weighted by molar-refractivity contribution is 6.30. The topological polar surface area (TPSA) is 74.2 Å². The van der Waals surface area contributed by atoms with E-state index in [1.807, 2.05) is 12.1 Å². The van der Waals surface area contributed by atoms with Crippen molar-refractivity contribution >= 4 is 39.6 Å². The summed E-state index contributed by atoms with van der Waals surface area (Å²) in [5, 5.41) is 16.0. The number of aromatic nitrogens is 1. The van der Waals surface area contributed by atoms with Crippen molar-refractivity contribution < 1.29 is 4.92 Å². The van der Waals surface area contributed by atoms with Gasteiger partial charge in [0.1, 0.15) is 5.69 Å². The van der Waals surface area contributed by atoms with Crippen LogP contribution in [0.2, 0.25) is 5.02 Å². The lowest BCUT2D eigenvalue weighted by Gasteiger charge is -2.18. The van der Waals surface area contributed by atoms with Gasteiger partial charge in [0.05, 0.1) is 4.92 Å². The largest absolute Gasteiger partial charge is 0.361 e. The molecule has 27 heavy (non-hydrogen) atoms. The Labute approximate surface area is 162 Å². The number of likely N-dealkylation sites (tertiary alicyclic amines) is 1. The molecule has 0 spiro atoms. The number of likely N-dealkylation sites (N-methyl/N-ethyl adjacent to an activating group) is 1. The van der Waals surface area contributed by atoms with Gasteiger partial charge in [0.15, 0.2) is 0 Å². The van der Waals surface area contributed by atoms with E-state index < -0.39 is 4.92 Å². The molecule has 0 bridgehead atoms. The number of halogens is 1. The molecule has 0 amide bonds. The van der Waals surface area contributed by atoms with Gasteiger partial charge in [0, 0.05) is 39.9 Å². The number of nitrogens with one attached hydrogen (secondary N) is 2. The molecule has 2 aromatic carbocycles. The smallest absolute Gasteiger partial charge is 0.294 e. The van der Waals surface area contributed by atoms with Crippen LogP contribution in [0.5, 0.6) is 0 Å². The molecular weight excluding hydrogens is 364 g/mol. The van der Waals surface area contributed by atoms with Gasteiger partial charge in [0.2, 0.25) is 0 Å². The van der Waals surface area contributed by atoms with Crippen LogP contribution >= 0.6 is 11.6 Å². The van der Waals surface area contributed by atoms with Gasteiger partial charge in [-0.15, -0.1) is 0 Å². The summed E-state index contributed by atoms with van der Waals surface area (Å²) in [4.78, 5) is 16.6. The molecule has 7 heteroatoms. The molecule has 6 nitrogen and oxygen atoms in total. The maximum absolute atomic E-state index is 11.3. The Morgan fingerprint density at radius 2 is 2.19 bits per heavy atom. The van der Waals surface area contributed by atoms with Gasteiger partial charge in [-0.1, -0.05) is 11.6 Å². The maximum Gasteiger partial charge on any atom is 0.294 e. The van der Waals surface area contributed by atoms with E-state index in [4.69, 9.17) is 11.6 Å². The van der Waals surface area contributed by atoms with Crippen LogP contribution in [0.4, 0.5) is 17.1 Å². The van der Waals surface area contributed by atoms with E-state index in [-0.39, 0.29) is 5.69 Å². The molecule has 1 saturated heterocycles. The molecule has 140 valence electrons. The number of nitro benzene ring substituents is 1. The van der Waals surface area contributed by atoms with Gasteiger partial charge in [-0.25, -0.2) is 0 Å². The first kappa shape index (κ1) is 17.8. The number of aromatic amines is 1. The van der Waals surface area contributed by atoms with Crippen molar-refractivity contribution in [1.82, 2.24) is 9.88 Å². The highest BCUT2D eigenvalue weighted by Gasteiger charge is 2.22. The quantitative estimate of drug-likeness (QED) is 0.473. The van der Waals surface area contributed by atoms with Crippen molar-refractivity contribution in [3.63, 3.8) is 0 Å². The highest BCUT2D eigenvalue weighted by Crippen LogP contribution is 2.32. The first-order valence-electron chi connectivity index (χ1n) is 9.02. The van der Waals surface area contributed by atoms with Gasteiger partial charge in [-0.3, -0.25) is 10.1 Å². The fraction of sp³-hybridized carbons (Fsp3) is 0.300. The second-order valence-electron chi connectivity index (χ2n) is 7.10. The van der Waals surface area contributed by atoms with Gasteiger partial charge < -0.3 is 15.2 Å². The molecule has 3 aromatic rings. The number of H-pyrrole nitrogens is 1. The predicted octanol–water partition coefficient (Wildman–Crippen LogP) is 5.11. The first-order valence-corrected chi connectivity index (χ1v) is 9.40. The van der Waals surface area contributed by atoms with Crippen molar-refractivity contribution in [1.29, 1.82) is 0 Å². The fourth-order valence-corrected chi connectivity index (χ4v) is 4.00. The van der Waals surface area contributed by atoms with Crippen LogP contribution in [-0.4, -0.2) is 34.4 Å². The van der Waals surface area contributed by atoms with Crippen LogP contribution in [0.25, 0.3) is 10.9 Å². The highest BCUT2D eigenvalue weighted by atomic mass is 35.5. The average Bonchev–Trinajstić information content (AvgIpc) is 3.23. The number of hydrogen-bond donors (Lipinski definition) is 2. The van der Waals surface area contributed by atoms with Crippen LogP contribution in [0.15, 0.2) is 42.6 Å². The zero-order valence-electron chi connectivity index (χ0n) is 15.0. The van der Waals surface area contributed by atoms with Crippen molar-refractivity contribution in [2.24, 2.45) is 0 Å². The van der Waals surface area contributed by atoms with E-state index in [9.17, 15) is 10.1 Å². The maximum atomic E-state index is 11.3. The zero-order chi connectivity index (χ0) is 19.0. The Bertz CT molecular complexity index is 1000. The molecule has 1 aromatic heterocycles. The summed E-state index contributed by atoms with van der Waals surface area (Å²) in [6.07, 6.45) is 5.54. The zero-order valence-corrected chi connectivity index (χ0v) is 15.8. The summed E-state index contributed by atoms with van der Waals surface area (Å²) in [5.74, 6) is 0. The Morgan fingerprint density at radius 1 is 1.33 bits per heavy atom. The lowest BCUT2D eigenvalue weighted by atomic mass is 10.0. The molecule has 0 radical (unpaired) electrons. The molecule has 2 heterocycles. The minimum Gasteiger partial charge on any atom is -0.361 e. The molecule has 2 N–H and O–H groups in total. The van der Waals surface area contributed by atoms with Crippen molar-refractivity contribution in [2.75, 3.05) is 18.9 Å². The lowest BCUT2D eigenvalue weighted by molar-refractivity contribution is -0.383. The van der Waals surface area contributed by atoms with Gasteiger partial charge in [0.25, 0.3) is 5.69 Å². The summed E-state index contributed by atoms with van der Waals surface area (Å²) in [6, 6.07) is 11.2. The van der Waals surface area contributed by atoms with Crippen LogP contribution in [-0.2, 0) is 6.42 Å². The summed E-state index contributed by atoms with van der Waals surface area (Å²) in [7, 11) is 2.18. The monoisotopic (exact) mass is 384 g/mol. The summed E-state index contributed by atoms with van der Waals surface area (Å²) in [6.45, 7) is 1.15. The molecule has 1 aliphatic heterocycles. The summed E-state index contributed by atoms with van der Waals surface area (Å²) >= 11 is 5.90. The minimum absolute atomic E-state index is 0.0375. The fourth-order valence-electron chi connectivity index (χ4n) is 3.83. The van der Waals surface area contributed by atoms with E-state index in [2.05, 4.69) is 34.5 Å². The third-order valence-electron chi connectivity index (χ3n) is 5.33. The Morgan fingerprint density at radius 3 is 2.93 bits per heavy atom. The van der Waals surface area contributed by atoms with E-state index in [1.54, 1.807) is 12.1 Å². The van der Waals surface area contributed by atoms with Gasteiger partial charge in [-0.2, -0.15) is 0 Å². The normalized spacial score (nSPS) is 17.5. The first-order chi connectivity index (χ1) is 13.0. The van der Waals surface area contributed by atoms with Crippen molar-refractivity contribution in [3.8, 4) is 0 Å². The molecule has 0 aliphatic carbocycles. The van der Waals surface area contributed by atoms with Gasteiger partial charge in [-0.05, 0) is 68.8 Å². The number of nitrogens with zero attached hydrogens (tertiary/aromatic N) is 2. The summed E-state index contributed by atoms with van der Waals surface area (Å²) in [5.41, 5.74) is 3.55. The Hall–Kier alpha value is -2.57. The van der Waals surface area contributed by atoms with E-state index >= 15 is 0 Å². The number of nitro groups is 1. The number of benzene rings is 2. The van der Waals surface area contributed by atoms with Crippen molar-refractivity contribution in [3.05, 3.63) is 63.3 Å². The molecule has 1 atom stereocenters. The van der Waals surface area contributed by atoms with E-state index in [0.29, 0.717) is 16.8 Å². The molecule has 1 aliphatic rings. The van der Waals surface area contributed by atoms with E-state index in [1.165, 1.54) is 24.5 Å². The minimum atomic E-state index is -0.426. The molecular formula is C20H21ClN4O2. The lowest BCUT2D eigenvalue weighted by Crippen LogP contribution is -2.26. The number of hydrogen-bond acceptors (Lipinski definition) is 4. The van der Waals surface area contributed by atoms with Crippen molar-refractivity contribution in [2.45, 2.75) is 25.3 Å². The summed E-state index contributed by atoms with van der Waals surface area (Å²) < 4.78 is 0. The third-order valence-corrected chi connectivity index (χ3v) is 5.57. The van der Waals surface area contributed by atoms with Gasteiger partial charge >= 0.3 is 0 Å². The number of anilines is 2. The number of fused-ring (bicyclic) bond motifs is 1. The second kappa shape index (κ2) is 7.21. The third kappa shape index (κ3) is 3.63. The van der Waals surface area contributed by atoms with Crippen LogP contribution in [0.1, 0.15) is 18.4 Å². The second-order valence-corrected chi connectivity index (χ2v) is 7.54. The standard InChI is InChI=1S/C20H21ClN4O2/c1-24-8-2-3-16(24)9-13-12-22-18-7-5-15(11-17(13)18)23-19-6-4-14(21)10-20(19)25(26)27/h4-7,10-12,16,22-23H,2-3,8-9H2,1H3/t16-/m1/s1. The molecule has 0 unspecified atom stereocenters. The molecule has 1 fully saturated rings. The Balaban J connectivity index is 1.64. The average molecular weight is 385 g/mol. The van der Waals surface area contributed by atoms with E-state index in [0.717, 1.165) is 29.6 Å². The molecule has 4 rings (SSSR count). The SMILES string of the molecule is CN1CCC[C@@H]1Cc1c[nH]c2ccc(Nc3ccc(Cl)cc3[N+](=O)[O-])cc12. The van der Waals surface area contributed by atoms with Crippen LogP contribution < -0.4 is 5.32 Å². The number of rotatable bonds is 5. The predicted molar refractivity (Wildman–Crippen MR) is 109 cm³/mol.